The van der Waals surface area contributed by atoms with Crippen molar-refractivity contribution in [3.8, 4) is 0 Å². The minimum atomic E-state index is -1.38. The Morgan fingerprint density at radius 2 is 1.41 bits per heavy atom. The molecule has 0 rings (SSSR count). The van der Waals surface area contributed by atoms with Gasteiger partial charge in [-0.1, -0.05) is 20.3 Å². The highest BCUT2D eigenvalue weighted by molar-refractivity contribution is 7.98. The van der Waals surface area contributed by atoms with Crippen LogP contribution >= 0.6 is 23.5 Å². The lowest BCUT2D eigenvalue weighted by atomic mass is 9.98. The van der Waals surface area contributed by atoms with E-state index < -0.39 is 54.0 Å². The summed E-state index contributed by atoms with van der Waals surface area (Å²) >= 11 is 3.04. The van der Waals surface area contributed by atoms with E-state index in [1.807, 2.05) is 12.5 Å². The lowest BCUT2D eigenvalue weighted by Crippen LogP contribution is -2.60. The first-order valence-corrected chi connectivity index (χ1v) is 13.3. The number of hydrogen-bond acceptors (Lipinski definition) is 8. The van der Waals surface area contributed by atoms with Gasteiger partial charge >= 0.3 is 5.97 Å². The molecule has 7 N–H and O–H groups in total. The zero-order valence-electron chi connectivity index (χ0n) is 19.4. The van der Waals surface area contributed by atoms with Crippen LogP contribution in [-0.4, -0.2) is 88.2 Å². The van der Waals surface area contributed by atoms with Crippen LogP contribution in [-0.2, 0) is 19.2 Å². The van der Waals surface area contributed by atoms with Crippen LogP contribution in [0.15, 0.2) is 0 Å². The highest BCUT2D eigenvalue weighted by atomic mass is 32.2. The van der Waals surface area contributed by atoms with Crippen molar-refractivity contribution in [2.24, 2.45) is 11.7 Å². The number of amides is 3. The number of nitrogens with two attached hydrogens (primary N) is 1. The Morgan fingerprint density at radius 3 is 1.88 bits per heavy atom. The fourth-order valence-electron chi connectivity index (χ4n) is 2.74. The summed E-state index contributed by atoms with van der Waals surface area (Å²) < 4.78 is 0. The quantitative estimate of drug-likeness (QED) is 0.170. The zero-order valence-corrected chi connectivity index (χ0v) is 21.1. The monoisotopic (exact) mass is 494 g/mol. The first kappa shape index (κ1) is 30.5. The van der Waals surface area contributed by atoms with Gasteiger partial charge in [0.15, 0.2) is 0 Å². The van der Waals surface area contributed by atoms with Crippen molar-refractivity contribution in [1.29, 1.82) is 0 Å². The number of carbonyl (C=O) groups is 4. The number of carboxylic acid groups (broad SMARTS) is 1. The third kappa shape index (κ3) is 10.9. The zero-order chi connectivity index (χ0) is 24.8. The van der Waals surface area contributed by atoms with Gasteiger partial charge in [0.1, 0.15) is 18.1 Å². The molecule has 0 aromatic carbocycles. The molecule has 32 heavy (non-hydrogen) atoms. The molecule has 10 nitrogen and oxygen atoms in total. The van der Waals surface area contributed by atoms with Crippen LogP contribution in [0.1, 0.15) is 40.0 Å². The summed E-state index contributed by atoms with van der Waals surface area (Å²) in [4.78, 5) is 49.4. The Bertz CT molecular complexity index is 623. The second-order valence-corrected chi connectivity index (χ2v) is 9.64. The Labute approximate surface area is 198 Å². The molecule has 6 unspecified atom stereocenters. The van der Waals surface area contributed by atoms with Crippen molar-refractivity contribution in [3.63, 3.8) is 0 Å². The highest BCUT2D eigenvalue weighted by Gasteiger charge is 2.33. The third-order valence-corrected chi connectivity index (χ3v) is 6.34. The number of nitrogens with one attached hydrogen (secondary N) is 3. The van der Waals surface area contributed by atoms with Gasteiger partial charge in [-0.25, -0.2) is 4.79 Å². The summed E-state index contributed by atoms with van der Waals surface area (Å²) in [7, 11) is 0. The molecule has 0 heterocycles. The number of hydrogen-bond donors (Lipinski definition) is 6. The molecule has 3 amide bonds. The second kappa shape index (κ2) is 16.2. The molecule has 0 aliphatic heterocycles. The molecular formula is C20H38N4O6S2. The van der Waals surface area contributed by atoms with Crippen LogP contribution in [0, 0.1) is 5.92 Å². The number of aliphatic hydroxyl groups excluding tert-OH is 1. The van der Waals surface area contributed by atoms with Gasteiger partial charge in [0.25, 0.3) is 0 Å². The minimum Gasteiger partial charge on any atom is -0.480 e. The number of aliphatic carboxylic acids is 1. The normalized spacial score (nSPS) is 16.7. The molecule has 0 bridgehead atoms. The highest BCUT2D eigenvalue weighted by Crippen LogP contribution is 2.09. The van der Waals surface area contributed by atoms with E-state index in [9.17, 15) is 29.4 Å². The molecule has 0 saturated carbocycles. The van der Waals surface area contributed by atoms with Gasteiger partial charge in [-0.2, -0.15) is 23.5 Å². The molecule has 0 aromatic rings. The number of aliphatic hydroxyl groups is 1. The minimum absolute atomic E-state index is 0.298. The number of thioether (sulfide) groups is 2. The van der Waals surface area contributed by atoms with Gasteiger partial charge in [-0.05, 0) is 49.7 Å². The van der Waals surface area contributed by atoms with Crippen molar-refractivity contribution < 1.29 is 29.4 Å². The Balaban J connectivity index is 5.37. The van der Waals surface area contributed by atoms with E-state index in [2.05, 4.69) is 16.0 Å². The van der Waals surface area contributed by atoms with Crippen molar-refractivity contribution in [1.82, 2.24) is 16.0 Å². The first-order valence-electron chi connectivity index (χ1n) is 10.5. The van der Waals surface area contributed by atoms with E-state index >= 15 is 0 Å². The fraction of sp³-hybridized carbons (Fsp3) is 0.800. The van der Waals surface area contributed by atoms with Gasteiger partial charge in [0, 0.05) is 0 Å². The summed E-state index contributed by atoms with van der Waals surface area (Å²) in [6.07, 6.45) is 3.74. The molecule has 0 spiro atoms. The Hall–Kier alpha value is -1.50. The van der Waals surface area contributed by atoms with Crippen molar-refractivity contribution in [2.75, 3.05) is 24.0 Å². The van der Waals surface area contributed by atoms with Crippen molar-refractivity contribution in [2.45, 2.75) is 70.3 Å². The maximum Gasteiger partial charge on any atom is 0.326 e. The van der Waals surface area contributed by atoms with Crippen LogP contribution < -0.4 is 21.7 Å². The van der Waals surface area contributed by atoms with Gasteiger partial charge < -0.3 is 31.9 Å². The van der Waals surface area contributed by atoms with E-state index in [-0.39, 0.29) is 5.92 Å². The maximum absolute atomic E-state index is 12.9. The predicted molar refractivity (Wildman–Crippen MR) is 129 cm³/mol. The van der Waals surface area contributed by atoms with Crippen molar-refractivity contribution in [3.05, 3.63) is 0 Å². The lowest BCUT2D eigenvalue weighted by Gasteiger charge is -2.27. The standard InChI is InChI=1S/C20H38N4O6S2/c1-6-11(2)15(20(29)30)23-19(28)16(12(3)25)24-18(27)14(8-10-32-5)22-17(26)13(21)7-9-31-4/h11-16,25H,6-10,21H2,1-5H3,(H,22,26)(H,23,28)(H,24,27)(H,29,30). The van der Waals surface area contributed by atoms with E-state index in [4.69, 9.17) is 5.73 Å². The summed E-state index contributed by atoms with van der Waals surface area (Å²) in [5, 5.41) is 26.9. The van der Waals surface area contributed by atoms with Crippen molar-refractivity contribution >= 4 is 47.2 Å². The number of carboxylic acids is 1. The number of rotatable bonds is 16. The summed E-state index contributed by atoms with van der Waals surface area (Å²) in [5.74, 6) is -2.22. The summed E-state index contributed by atoms with van der Waals surface area (Å²) in [5.41, 5.74) is 5.88. The SMILES string of the molecule is CCC(C)C(NC(=O)C(NC(=O)C(CCSC)NC(=O)C(N)CCSC)C(C)O)C(=O)O. The van der Waals surface area contributed by atoms with Crippen LogP contribution in [0.2, 0.25) is 0 Å². The fourth-order valence-corrected chi connectivity index (χ4v) is 3.71. The molecule has 0 saturated heterocycles. The molecule has 186 valence electrons. The average Bonchev–Trinajstić information content (AvgIpc) is 2.75. The number of carbonyl (C=O) groups excluding carboxylic acids is 3. The Kier molecular flexibility index (Phi) is 15.4. The summed E-state index contributed by atoms with van der Waals surface area (Å²) in [6, 6.07) is -4.26. The van der Waals surface area contributed by atoms with Crippen LogP contribution in [0.4, 0.5) is 0 Å². The molecule has 0 aromatic heterocycles. The molecule has 6 atom stereocenters. The predicted octanol–water partition coefficient (Wildman–Crippen LogP) is -0.214. The van der Waals surface area contributed by atoms with E-state index in [1.54, 1.807) is 25.6 Å². The summed E-state index contributed by atoms with van der Waals surface area (Å²) in [6.45, 7) is 4.80. The van der Waals surface area contributed by atoms with Crippen LogP contribution in [0.3, 0.4) is 0 Å². The molecule has 12 heteroatoms. The largest absolute Gasteiger partial charge is 0.480 e. The third-order valence-electron chi connectivity index (χ3n) is 5.05. The second-order valence-electron chi connectivity index (χ2n) is 7.67. The first-order chi connectivity index (χ1) is 15.0. The van der Waals surface area contributed by atoms with Crippen LogP contribution in [0.5, 0.6) is 0 Å². The van der Waals surface area contributed by atoms with Gasteiger partial charge in [-0.15, -0.1) is 0 Å². The van der Waals surface area contributed by atoms with E-state index in [1.165, 1.54) is 18.7 Å². The lowest BCUT2D eigenvalue weighted by molar-refractivity contribution is -0.144. The van der Waals surface area contributed by atoms with Gasteiger partial charge in [0.05, 0.1) is 12.1 Å². The average molecular weight is 495 g/mol. The molecule has 0 radical (unpaired) electrons. The molecule has 0 aliphatic rings. The van der Waals surface area contributed by atoms with Gasteiger partial charge in [0.2, 0.25) is 17.7 Å². The van der Waals surface area contributed by atoms with E-state index in [0.29, 0.717) is 30.8 Å². The molecule has 0 aliphatic carbocycles. The van der Waals surface area contributed by atoms with E-state index in [0.717, 1.165) is 0 Å². The molecular weight excluding hydrogens is 456 g/mol. The molecule has 0 fully saturated rings. The van der Waals surface area contributed by atoms with Gasteiger partial charge in [-0.3, -0.25) is 14.4 Å². The Morgan fingerprint density at radius 1 is 0.875 bits per heavy atom. The smallest absolute Gasteiger partial charge is 0.326 e. The van der Waals surface area contributed by atoms with Crippen LogP contribution in [0.25, 0.3) is 0 Å². The maximum atomic E-state index is 12.9. The topological polar surface area (TPSA) is 171 Å².